The molecule has 1 aliphatic carbocycles. The molecule has 1 heterocycles. The number of carboxylic acids is 1. The van der Waals surface area contributed by atoms with Crippen molar-refractivity contribution in [1.29, 1.82) is 0 Å². The standard InChI is InChI=1S/C23H20F3N3O4/c1-32-20-6-5-14(8-18(20)17-9-19(17)21(30)31)15-11-28-22(29-12-15)27-10-13-3-2-4-16(7-13)33-23(24,25)26/h2-8,11-12,17,19H,9-10H2,1H3,(H,30,31)(H,27,28,29). The lowest BCUT2D eigenvalue weighted by Crippen LogP contribution is -2.17. The lowest BCUT2D eigenvalue weighted by molar-refractivity contribution is -0.274. The van der Waals surface area contributed by atoms with E-state index in [1.807, 2.05) is 12.1 Å². The van der Waals surface area contributed by atoms with Gasteiger partial charge in [-0.15, -0.1) is 13.2 Å². The van der Waals surface area contributed by atoms with Crippen LogP contribution in [0.3, 0.4) is 0 Å². The van der Waals surface area contributed by atoms with Gasteiger partial charge in [-0.2, -0.15) is 0 Å². The molecule has 2 aromatic carbocycles. The molecule has 4 rings (SSSR count). The summed E-state index contributed by atoms with van der Waals surface area (Å²) < 4.78 is 46.5. The molecule has 0 aliphatic heterocycles. The van der Waals surface area contributed by atoms with E-state index in [0.29, 0.717) is 23.7 Å². The Kier molecular flexibility index (Phi) is 6.08. The van der Waals surface area contributed by atoms with Gasteiger partial charge in [0.2, 0.25) is 5.95 Å². The van der Waals surface area contributed by atoms with Crippen LogP contribution in [-0.4, -0.2) is 34.5 Å². The number of aliphatic carboxylic acids is 1. The number of nitrogens with one attached hydrogen (secondary N) is 1. The van der Waals surface area contributed by atoms with Crippen molar-refractivity contribution in [3.63, 3.8) is 0 Å². The van der Waals surface area contributed by atoms with Crippen LogP contribution in [0, 0.1) is 5.92 Å². The maximum absolute atomic E-state index is 12.4. The third-order valence-electron chi connectivity index (χ3n) is 5.30. The second-order valence-corrected chi connectivity index (χ2v) is 7.59. The van der Waals surface area contributed by atoms with Gasteiger partial charge >= 0.3 is 12.3 Å². The van der Waals surface area contributed by atoms with Crippen molar-refractivity contribution in [1.82, 2.24) is 9.97 Å². The molecule has 2 N–H and O–H groups in total. The van der Waals surface area contributed by atoms with E-state index in [0.717, 1.165) is 16.7 Å². The molecule has 10 heteroatoms. The van der Waals surface area contributed by atoms with E-state index in [9.17, 15) is 23.1 Å². The molecule has 0 saturated heterocycles. The van der Waals surface area contributed by atoms with Crippen molar-refractivity contribution in [2.24, 2.45) is 5.92 Å². The van der Waals surface area contributed by atoms with Crippen LogP contribution in [0.5, 0.6) is 11.5 Å². The van der Waals surface area contributed by atoms with Crippen LogP contribution in [-0.2, 0) is 11.3 Å². The average Bonchev–Trinajstić information content (AvgIpc) is 3.58. The molecule has 33 heavy (non-hydrogen) atoms. The summed E-state index contributed by atoms with van der Waals surface area (Å²) in [5.41, 5.74) is 2.97. The van der Waals surface area contributed by atoms with Gasteiger partial charge in [0.1, 0.15) is 11.5 Å². The molecule has 2 atom stereocenters. The molecule has 0 amide bonds. The highest BCUT2D eigenvalue weighted by atomic mass is 19.4. The average molecular weight is 459 g/mol. The van der Waals surface area contributed by atoms with E-state index in [1.165, 1.54) is 18.2 Å². The van der Waals surface area contributed by atoms with Gasteiger partial charge in [-0.05, 0) is 47.4 Å². The number of anilines is 1. The maximum Gasteiger partial charge on any atom is 0.573 e. The molecule has 0 bridgehead atoms. The Morgan fingerprint density at radius 1 is 1.15 bits per heavy atom. The Morgan fingerprint density at radius 2 is 1.91 bits per heavy atom. The summed E-state index contributed by atoms with van der Waals surface area (Å²) in [6, 6.07) is 11.2. The largest absolute Gasteiger partial charge is 0.573 e. The summed E-state index contributed by atoms with van der Waals surface area (Å²) in [6.45, 7) is 0.208. The number of methoxy groups -OCH3 is 1. The number of hydrogen-bond acceptors (Lipinski definition) is 6. The fraction of sp³-hybridized carbons (Fsp3) is 0.261. The van der Waals surface area contributed by atoms with E-state index in [1.54, 1.807) is 31.6 Å². The Bertz CT molecular complexity index is 1150. The predicted octanol–water partition coefficient (Wildman–Crippen LogP) is 4.85. The lowest BCUT2D eigenvalue weighted by atomic mass is 10.0. The van der Waals surface area contributed by atoms with Gasteiger partial charge in [0.25, 0.3) is 0 Å². The minimum Gasteiger partial charge on any atom is -0.496 e. The molecule has 0 spiro atoms. The summed E-state index contributed by atoms with van der Waals surface area (Å²) in [5.74, 6) is -0.657. The molecule has 7 nitrogen and oxygen atoms in total. The van der Waals surface area contributed by atoms with E-state index < -0.39 is 18.2 Å². The van der Waals surface area contributed by atoms with Crippen molar-refractivity contribution >= 4 is 11.9 Å². The molecular weight excluding hydrogens is 439 g/mol. The van der Waals surface area contributed by atoms with Crippen molar-refractivity contribution in [3.05, 3.63) is 66.0 Å². The van der Waals surface area contributed by atoms with Gasteiger partial charge in [-0.1, -0.05) is 18.2 Å². The summed E-state index contributed by atoms with van der Waals surface area (Å²) in [7, 11) is 1.55. The molecule has 2 unspecified atom stereocenters. The van der Waals surface area contributed by atoms with Crippen molar-refractivity contribution in [3.8, 4) is 22.6 Å². The zero-order chi connectivity index (χ0) is 23.6. The maximum atomic E-state index is 12.4. The first-order chi connectivity index (χ1) is 15.7. The van der Waals surface area contributed by atoms with Crippen molar-refractivity contribution in [2.75, 3.05) is 12.4 Å². The summed E-state index contributed by atoms with van der Waals surface area (Å²) >= 11 is 0. The number of carboxylic acid groups (broad SMARTS) is 1. The molecule has 172 valence electrons. The third kappa shape index (κ3) is 5.51. The zero-order valence-electron chi connectivity index (χ0n) is 17.5. The molecule has 1 aromatic heterocycles. The monoisotopic (exact) mass is 459 g/mol. The molecule has 1 saturated carbocycles. The summed E-state index contributed by atoms with van der Waals surface area (Å²) in [4.78, 5) is 19.8. The number of nitrogens with zero attached hydrogens (tertiary/aromatic N) is 2. The molecule has 1 fully saturated rings. The van der Waals surface area contributed by atoms with E-state index in [4.69, 9.17) is 4.74 Å². The highest BCUT2D eigenvalue weighted by Crippen LogP contribution is 2.51. The Hall–Kier alpha value is -3.82. The lowest BCUT2D eigenvalue weighted by Gasteiger charge is -2.12. The number of halogens is 3. The number of carbonyl (C=O) groups is 1. The number of ether oxygens (including phenoxy) is 2. The van der Waals surface area contributed by atoms with Crippen LogP contribution < -0.4 is 14.8 Å². The van der Waals surface area contributed by atoms with Crippen molar-refractivity contribution < 1.29 is 32.5 Å². The van der Waals surface area contributed by atoms with Crippen LogP contribution >= 0.6 is 0 Å². The number of hydrogen-bond donors (Lipinski definition) is 2. The van der Waals surface area contributed by atoms with Crippen molar-refractivity contribution in [2.45, 2.75) is 25.2 Å². The predicted molar refractivity (Wildman–Crippen MR) is 113 cm³/mol. The Morgan fingerprint density at radius 3 is 2.55 bits per heavy atom. The van der Waals surface area contributed by atoms with E-state index in [2.05, 4.69) is 20.0 Å². The van der Waals surface area contributed by atoms with Gasteiger partial charge in [-0.25, -0.2) is 9.97 Å². The van der Waals surface area contributed by atoms with E-state index in [-0.39, 0.29) is 18.2 Å². The Labute approximate surface area is 187 Å². The first-order valence-corrected chi connectivity index (χ1v) is 10.0. The van der Waals surface area contributed by atoms with Gasteiger partial charge < -0.3 is 19.9 Å². The first kappa shape index (κ1) is 22.4. The molecular formula is C23H20F3N3O4. The van der Waals surface area contributed by atoms with Gasteiger partial charge in [-0.3, -0.25) is 4.79 Å². The second kappa shape index (κ2) is 8.97. The fourth-order valence-corrected chi connectivity index (χ4v) is 3.62. The van der Waals surface area contributed by atoms with Gasteiger partial charge in [0.05, 0.1) is 13.0 Å². The smallest absolute Gasteiger partial charge is 0.496 e. The first-order valence-electron chi connectivity index (χ1n) is 10.0. The van der Waals surface area contributed by atoms with Crippen LogP contribution in [0.2, 0.25) is 0 Å². The quantitative estimate of drug-likeness (QED) is 0.497. The molecule has 3 aromatic rings. The highest BCUT2D eigenvalue weighted by molar-refractivity contribution is 5.76. The van der Waals surface area contributed by atoms with Crippen LogP contribution in [0.25, 0.3) is 11.1 Å². The Balaban J connectivity index is 1.44. The zero-order valence-corrected chi connectivity index (χ0v) is 17.5. The number of alkyl halides is 3. The topological polar surface area (TPSA) is 93.6 Å². The molecule has 1 aliphatic rings. The van der Waals surface area contributed by atoms with Crippen LogP contribution in [0.15, 0.2) is 54.9 Å². The van der Waals surface area contributed by atoms with Crippen LogP contribution in [0.4, 0.5) is 19.1 Å². The third-order valence-corrected chi connectivity index (χ3v) is 5.30. The van der Waals surface area contributed by atoms with Gasteiger partial charge in [0.15, 0.2) is 0 Å². The summed E-state index contributed by atoms with van der Waals surface area (Å²) in [5, 5.41) is 12.2. The van der Waals surface area contributed by atoms with Gasteiger partial charge in [0, 0.05) is 30.4 Å². The number of benzene rings is 2. The SMILES string of the molecule is COc1ccc(-c2cnc(NCc3cccc(OC(F)(F)F)c3)nc2)cc1C1CC1C(=O)O. The minimum atomic E-state index is -4.75. The molecule has 0 radical (unpaired) electrons. The number of aromatic nitrogens is 2. The summed E-state index contributed by atoms with van der Waals surface area (Å²) in [6.07, 6.45) is -0.943. The van der Waals surface area contributed by atoms with Crippen LogP contribution in [0.1, 0.15) is 23.5 Å². The number of rotatable bonds is 8. The van der Waals surface area contributed by atoms with E-state index >= 15 is 0 Å². The second-order valence-electron chi connectivity index (χ2n) is 7.59. The fourth-order valence-electron chi connectivity index (χ4n) is 3.62. The normalized spacial score (nSPS) is 17.3. The minimum absolute atomic E-state index is 0.0867. The highest BCUT2D eigenvalue weighted by Gasteiger charge is 2.45.